The van der Waals surface area contributed by atoms with E-state index in [2.05, 4.69) is 11.9 Å². The van der Waals surface area contributed by atoms with Crippen molar-refractivity contribution < 1.29 is 4.39 Å². The second-order valence-electron chi connectivity index (χ2n) is 5.40. The summed E-state index contributed by atoms with van der Waals surface area (Å²) in [6.45, 7) is 1.75. The molecule has 0 radical (unpaired) electrons. The Labute approximate surface area is 108 Å². The molecule has 0 aliphatic carbocycles. The standard InChI is InChI=1S/C14H22FN3/c1-17(2)14-7-11(4-5-12(14)15)13-6-10(8-16)9-18(13)3/h4-5,7,10,13H,6,8-9,16H2,1-3H3. The lowest BCUT2D eigenvalue weighted by molar-refractivity contribution is 0.313. The van der Waals surface area contributed by atoms with Crippen molar-refractivity contribution in [3.8, 4) is 0 Å². The number of anilines is 1. The van der Waals surface area contributed by atoms with E-state index in [1.54, 1.807) is 6.07 Å². The van der Waals surface area contributed by atoms with Crippen molar-refractivity contribution in [2.45, 2.75) is 12.5 Å². The molecule has 2 unspecified atom stereocenters. The fourth-order valence-corrected chi connectivity index (χ4v) is 2.75. The molecule has 0 saturated carbocycles. The van der Waals surface area contributed by atoms with Crippen molar-refractivity contribution in [1.29, 1.82) is 0 Å². The first-order valence-electron chi connectivity index (χ1n) is 6.40. The zero-order valence-electron chi connectivity index (χ0n) is 11.4. The van der Waals surface area contributed by atoms with Gasteiger partial charge in [-0.05, 0) is 43.6 Å². The third-order valence-electron chi connectivity index (χ3n) is 3.80. The molecular formula is C14H22FN3. The molecule has 1 fully saturated rings. The van der Waals surface area contributed by atoms with Gasteiger partial charge in [-0.25, -0.2) is 4.39 Å². The van der Waals surface area contributed by atoms with Crippen LogP contribution in [-0.2, 0) is 0 Å². The van der Waals surface area contributed by atoms with Crippen LogP contribution in [0.15, 0.2) is 18.2 Å². The van der Waals surface area contributed by atoms with Crippen molar-refractivity contribution in [1.82, 2.24) is 4.90 Å². The molecule has 0 spiro atoms. The molecule has 2 N–H and O–H groups in total. The Bertz CT molecular complexity index is 420. The predicted octanol–water partition coefficient (Wildman–Crippen LogP) is 1.84. The molecule has 1 aromatic carbocycles. The van der Waals surface area contributed by atoms with Crippen LogP contribution >= 0.6 is 0 Å². The monoisotopic (exact) mass is 251 g/mol. The normalized spacial score (nSPS) is 24.5. The van der Waals surface area contributed by atoms with Gasteiger partial charge in [-0.2, -0.15) is 0 Å². The summed E-state index contributed by atoms with van der Waals surface area (Å²) >= 11 is 0. The maximum atomic E-state index is 13.7. The molecule has 2 atom stereocenters. The highest BCUT2D eigenvalue weighted by Gasteiger charge is 2.30. The number of hydrogen-bond donors (Lipinski definition) is 1. The smallest absolute Gasteiger partial charge is 0.146 e. The molecule has 4 heteroatoms. The molecule has 0 bridgehead atoms. The van der Waals surface area contributed by atoms with Gasteiger partial charge >= 0.3 is 0 Å². The van der Waals surface area contributed by atoms with Crippen molar-refractivity contribution in [3.63, 3.8) is 0 Å². The number of nitrogens with zero attached hydrogens (tertiary/aromatic N) is 2. The van der Waals surface area contributed by atoms with E-state index in [1.165, 1.54) is 5.56 Å². The van der Waals surface area contributed by atoms with Crippen LogP contribution in [0.1, 0.15) is 18.0 Å². The van der Waals surface area contributed by atoms with Crippen LogP contribution in [0.5, 0.6) is 0 Å². The summed E-state index contributed by atoms with van der Waals surface area (Å²) in [5.41, 5.74) is 7.57. The third-order valence-corrected chi connectivity index (χ3v) is 3.80. The first-order valence-corrected chi connectivity index (χ1v) is 6.40. The second kappa shape index (κ2) is 5.24. The Morgan fingerprint density at radius 1 is 1.44 bits per heavy atom. The zero-order valence-corrected chi connectivity index (χ0v) is 11.4. The Balaban J connectivity index is 2.26. The minimum absolute atomic E-state index is 0.167. The van der Waals surface area contributed by atoms with Gasteiger partial charge in [0.05, 0.1) is 5.69 Å². The number of hydrogen-bond acceptors (Lipinski definition) is 3. The van der Waals surface area contributed by atoms with Gasteiger partial charge in [0.2, 0.25) is 0 Å². The molecule has 1 aliphatic rings. The van der Waals surface area contributed by atoms with Gasteiger partial charge in [-0.3, -0.25) is 4.90 Å². The second-order valence-corrected chi connectivity index (χ2v) is 5.40. The van der Waals surface area contributed by atoms with Gasteiger partial charge in [0.15, 0.2) is 0 Å². The van der Waals surface area contributed by atoms with E-state index in [9.17, 15) is 4.39 Å². The van der Waals surface area contributed by atoms with E-state index in [1.807, 2.05) is 31.1 Å². The average Bonchev–Trinajstić information content (AvgIpc) is 2.71. The highest BCUT2D eigenvalue weighted by atomic mass is 19.1. The molecule has 18 heavy (non-hydrogen) atoms. The van der Waals surface area contributed by atoms with E-state index in [0.29, 0.717) is 17.6 Å². The molecule has 1 heterocycles. The van der Waals surface area contributed by atoms with Gasteiger partial charge in [0, 0.05) is 26.7 Å². The Hall–Kier alpha value is -1.13. The lowest BCUT2D eigenvalue weighted by Gasteiger charge is -2.22. The quantitative estimate of drug-likeness (QED) is 0.890. The van der Waals surface area contributed by atoms with Gasteiger partial charge < -0.3 is 10.6 Å². The molecule has 0 amide bonds. The summed E-state index contributed by atoms with van der Waals surface area (Å²) in [7, 11) is 5.84. The molecule has 2 rings (SSSR count). The number of halogens is 1. The number of benzene rings is 1. The van der Waals surface area contributed by atoms with Crippen molar-refractivity contribution in [3.05, 3.63) is 29.6 Å². The van der Waals surface area contributed by atoms with Gasteiger partial charge in [0.25, 0.3) is 0 Å². The minimum atomic E-state index is -0.167. The van der Waals surface area contributed by atoms with Crippen LogP contribution in [0.3, 0.4) is 0 Å². The highest BCUT2D eigenvalue weighted by Crippen LogP contribution is 2.35. The average molecular weight is 251 g/mol. The summed E-state index contributed by atoms with van der Waals surface area (Å²) in [6, 6.07) is 5.77. The lowest BCUT2D eigenvalue weighted by Crippen LogP contribution is -2.21. The summed E-state index contributed by atoms with van der Waals surface area (Å²) in [6.07, 6.45) is 1.06. The number of rotatable bonds is 3. The first kappa shape index (κ1) is 13.3. The van der Waals surface area contributed by atoms with Crippen molar-refractivity contribution in [2.24, 2.45) is 11.7 Å². The Kier molecular flexibility index (Phi) is 3.88. The van der Waals surface area contributed by atoms with Crippen molar-refractivity contribution >= 4 is 5.69 Å². The Morgan fingerprint density at radius 3 is 2.72 bits per heavy atom. The summed E-state index contributed by atoms with van der Waals surface area (Å²) in [4.78, 5) is 4.12. The van der Waals surface area contributed by atoms with E-state index in [4.69, 9.17) is 5.73 Å². The fourth-order valence-electron chi connectivity index (χ4n) is 2.75. The van der Waals surface area contributed by atoms with E-state index in [0.717, 1.165) is 19.5 Å². The highest BCUT2D eigenvalue weighted by molar-refractivity contribution is 5.49. The maximum absolute atomic E-state index is 13.7. The third kappa shape index (κ3) is 2.49. The molecule has 0 aromatic heterocycles. The van der Waals surface area contributed by atoms with E-state index >= 15 is 0 Å². The SMILES string of the molecule is CN(C)c1cc(C2CC(CN)CN2C)ccc1F. The van der Waals surface area contributed by atoms with Crippen LogP contribution < -0.4 is 10.6 Å². The molecule has 1 aromatic rings. The summed E-state index contributed by atoms with van der Waals surface area (Å²) in [5, 5.41) is 0. The Morgan fingerprint density at radius 2 is 2.17 bits per heavy atom. The van der Waals surface area contributed by atoms with Crippen LogP contribution in [0, 0.1) is 11.7 Å². The minimum Gasteiger partial charge on any atom is -0.375 e. The summed E-state index contributed by atoms with van der Waals surface area (Å²) < 4.78 is 13.7. The van der Waals surface area contributed by atoms with Gasteiger partial charge in [-0.15, -0.1) is 0 Å². The topological polar surface area (TPSA) is 32.5 Å². The van der Waals surface area contributed by atoms with Crippen LogP contribution in [0.2, 0.25) is 0 Å². The van der Waals surface area contributed by atoms with Gasteiger partial charge in [-0.1, -0.05) is 6.07 Å². The largest absolute Gasteiger partial charge is 0.375 e. The zero-order chi connectivity index (χ0) is 13.3. The maximum Gasteiger partial charge on any atom is 0.146 e. The van der Waals surface area contributed by atoms with Crippen LogP contribution in [0.25, 0.3) is 0 Å². The lowest BCUT2D eigenvalue weighted by atomic mass is 9.99. The van der Waals surface area contributed by atoms with Gasteiger partial charge in [0.1, 0.15) is 5.82 Å². The molecule has 3 nitrogen and oxygen atoms in total. The van der Waals surface area contributed by atoms with Crippen molar-refractivity contribution in [2.75, 3.05) is 39.1 Å². The van der Waals surface area contributed by atoms with Crippen LogP contribution in [-0.4, -0.2) is 39.1 Å². The molecule has 1 aliphatic heterocycles. The summed E-state index contributed by atoms with van der Waals surface area (Å²) in [5.74, 6) is 0.382. The van der Waals surface area contributed by atoms with E-state index < -0.39 is 0 Å². The molecular weight excluding hydrogens is 229 g/mol. The predicted molar refractivity (Wildman–Crippen MR) is 73.3 cm³/mol. The number of nitrogens with two attached hydrogens (primary N) is 1. The van der Waals surface area contributed by atoms with E-state index in [-0.39, 0.29) is 5.82 Å². The molecule has 1 saturated heterocycles. The number of likely N-dealkylation sites (tertiary alicyclic amines) is 1. The first-order chi connectivity index (χ1) is 8.52. The fraction of sp³-hybridized carbons (Fsp3) is 0.571. The van der Waals surface area contributed by atoms with Crippen LogP contribution in [0.4, 0.5) is 10.1 Å². The molecule has 100 valence electrons.